The number of nitrogens with zero attached hydrogens (tertiary/aromatic N) is 2. The maximum atomic E-state index is 11.7. The Morgan fingerprint density at radius 2 is 2.13 bits per heavy atom. The molecule has 2 N–H and O–H groups in total. The van der Waals surface area contributed by atoms with Crippen LogP contribution in [0.5, 0.6) is 0 Å². The van der Waals surface area contributed by atoms with Crippen molar-refractivity contribution in [1.29, 1.82) is 0 Å². The van der Waals surface area contributed by atoms with E-state index in [4.69, 9.17) is 5.73 Å². The van der Waals surface area contributed by atoms with E-state index in [0.29, 0.717) is 11.3 Å². The summed E-state index contributed by atoms with van der Waals surface area (Å²) in [6, 6.07) is 4.95. The summed E-state index contributed by atoms with van der Waals surface area (Å²) in [5, 5.41) is 0. The molecule has 4 nitrogen and oxygen atoms in total. The van der Waals surface area contributed by atoms with Gasteiger partial charge in [0.15, 0.2) is 0 Å². The molecular weight excluding hydrogens is 190 g/mol. The van der Waals surface area contributed by atoms with Crippen LogP contribution in [0.4, 0.5) is 5.69 Å². The molecule has 0 fully saturated rings. The van der Waals surface area contributed by atoms with Gasteiger partial charge in [-0.15, -0.1) is 0 Å². The highest BCUT2D eigenvalue weighted by Crippen LogP contribution is 2.11. The van der Waals surface area contributed by atoms with Gasteiger partial charge in [-0.2, -0.15) is 0 Å². The molecule has 2 heterocycles. The molecule has 0 aliphatic rings. The second-order valence-electron chi connectivity index (χ2n) is 3.86. The van der Waals surface area contributed by atoms with Crippen LogP contribution in [0.15, 0.2) is 29.2 Å². The molecule has 15 heavy (non-hydrogen) atoms. The quantitative estimate of drug-likeness (QED) is 0.762. The van der Waals surface area contributed by atoms with Gasteiger partial charge in [0.25, 0.3) is 5.56 Å². The zero-order chi connectivity index (χ0) is 11.0. The molecule has 0 aliphatic carbocycles. The fourth-order valence-electron chi connectivity index (χ4n) is 1.43. The number of hydrogen-bond donors (Lipinski definition) is 1. The second kappa shape index (κ2) is 3.38. The summed E-state index contributed by atoms with van der Waals surface area (Å²) < 4.78 is 1.49. The minimum absolute atomic E-state index is 0.0660. The second-order valence-corrected chi connectivity index (χ2v) is 3.86. The van der Waals surface area contributed by atoms with Crippen LogP contribution < -0.4 is 11.3 Å². The lowest BCUT2D eigenvalue weighted by Gasteiger charge is -2.06. The topological polar surface area (TPSA) is 60.4 Å². The summed E-state index contributed by atoms with van der Waals surface area (Å²) in [7, 11) is 0. The van der Waals surface area contributed by atoms with E-state index in [-0.39, 0.29) is 11.5 Å². The molecule has 0 bridgehead atoms. The summed E-state index contributed by atoms with van der Waals surface area (Å²) >= 11 is 0. The van der Waals surface area contributed by atoms with Crippen LogP contribution in [-0.4, -0.2) is 9.38 Å². The van der Waals surface area contributed by atoms with Crippen molar-refractivity contribution in [2.75, 3.05) is 5.73 Å². The Morgan fingerprint density at radius 3 is 2.80 bits per heavy atom. The van der Waals surface area contributed by atoms with Gasteiger partial charge in [-0.05, 0) is 12.0 Å². The molecule has 2 aromatic rings. The van der Waals surface area contributed by atoms with Crippen molar-refractivity contribution in [2.24, 2.45) is 0 Å². The molecule has 0 saturated carbocycles. The third kappa shape index (κ3) is 1.70. The van der Waals surface area contributed by atoms with Crippen LogP contribution in [0.25, 0.3) is 5.65 Å². The van der Waals surface area contributed by atoms with E-state index in [0.717, 1.165) is 5.69 Å². The average Bonchev–Trinajstić information content (AvgIpc) is 2.16. The van der Waals surface area contributed by atoms with Crippen LogP contribution >= 0.6 is 0 Å². The first-order valence-corrected chi connectivity index (χ1v) is 4.87. The molecular formula is C11H13N3O. The Kier molecular flexibility index (Phi) is 2.19. The van der Waals surface area contributed by atoms with Crippen LogP contribution in [0.2, 0.25) is 0 Å². The van der Waals surface area contributed by atoms with Crippen molar-refractivity contribution in [3.05, 3.63) is 40.4 Å². The minimum atomic E-state index is -0.0660. The molecule has 0 saturated heterocycles. The number of fused-ring (bicyclic) bond motifs is 1. The number of nitrogens with two attached hydrogens (primary N) is 1. The molecule has 2 aromatic heterocycles. The van der Waals surface area contributed by atoms with E-state index >= 15 is 0 Å². The van der Waals surface area contributed by atoms with Crippen molar-refractivity contribution >= 4 is 11.3 Å². The van der Waals surface area contributed by atoms with Gasteiger partial charge in [-0.25, -0.2) is 4.98 Å². The Morgan fingerprint density at radius 1 is 1.40 bits per heavy atom. The maximum absolute atomic E-state index is 11.7. The van der Waals surface area contributed by atoms with E-state index in [2.05, 4.69) is 4.98 Å². The van der Waals surface area contributed by atoms with Crippen LogP contribution in [0.1, 0.15) is 25.5 Å². The normalized spacial score (nSPS) is 11.1. The number of anilines is 1. The van der Waals surface area contributed by atoms with Gasteiger partial charge in [0.05, 0.1) is 5.69 Å². The Hall–Kier alpha value is -1.84. The van der Waals surface area contributed by atoms with E-state index in [1.165, 1.54) is 4.40 Å². The number of aromatic nitrogens is 2. The van der Waals surface area contributed by atoms with Crippen LogP contribution in [0.3, 0.4) is 0 Å². The summed E-state index contributed by atoms with van der Waals surface area (Å²) in [6.07, 6.45) is 1.64. The average molecular weight is 203 g/mol. The Balaban J connectivity index is 2.80. The van der Waals surface area contributed by atoms with Crippen molar-refractivity contribution in [1.82, 2.24) is 9.38 Å². The first-order chi connectivity index (χ1) is 7.08. The monoisotopic (exact) mass is 203 g/mol. The van der Waals surface area contributed by atoms with Gasteiger partial charge in [-0.3, -0.25) is 9.20 Å². The zero-order valence-corrected chi connectivity index (χ0v) is 8.77. The summed E-state index contributed by atoms with van der Waals surface area (Å²) in [5.74, 6) is 0.240. The van der Waals surface area contributed by atoms with Crippen LogP contribution in [0, 0.1) is 0 Å². The van der Waals surface area contributed by atoms with Crippen molar-refractivity contribution < 1.29 is 0 Å². The smallest absolute Gasteiger partial charge is 0.258 e. The van der Waals surface area contributed by atoms with Gasteiger partial charge in [-0.1, -0.05) is 13.8 Å². The summed E-state index contributed by atoms with van der Waals surface area (Å²) in [4.78, 5) is 16.1. The molecule has 0 atom stereocenters. The molecule has 0 aromatic carbocycles. The SMILES string of the molecule is CC(C)c1cc(=O)n2ccc(N)cc2n1. The minimum Gasteiger partial charge on any atom is -0.399 e. The highest BCUT2D eigenvalue weighted by molar-refractivity contribution is 5.51. The van der Waals surface area contributed by atoms with E-state index < -0.39 is 0 Å². The Bertz CT molecular complexity index is 557. The number of nitrogen functional groups attached to an aromatic ring is 1. The first kappa shape index (κ1) is 9.71. The highest BCUT2D eigenvalue weighted by Gasteiger charge is 2.05. The molecule has 0 unspecified atom stereocenters. The lowest BCUT2D eigenvalue weighted by Crippen LogP contribution is -2.16. The molecule has 78 valence electrons. The summed E-state index contributed by atoms with van der Waals surface area (Å²) in [6.45, 7) is 4.01. The standard InChI is InChI=1S/C11H13N3O/c1-7(2)9-6-11(15)14-4-3-8(12)5-10(14)13-9/h3-7H,12H2,1-2H3. The van der Waals surface area contributed by atoms with Crippen LogP contribution in [-0.2, 0) is 0 Å². The van der Waals surface area contributed by atoms with Crippen molar-refractivity contribution in [3.63, 3.8) is 0 Å². The van der Waals surface area contributed by atoms with Gasteiger partial charge in [0.1, 0.15) is 5.65 Å². The van der Waals surface area contributed by atoms with Gasteiger partial charge < -0.3 is 5.73 Å². The van der Waals surface area contributed by atoms with Gasteiger partial charge in [0, 0.05) is 24.0 Å². The molecule has 0 amide bonds. The van der Waals surface area contributed by atoms with Crippen molar-refractivity contribution in [3.8, 4) is 0 Å². The highest BCUT2D eigenvalue weighted by atomic mass is 16.1. The third-order valence-corrected chi connectivity index (χ3v) is 2.30. The fraction of sp³-hybridized carbons (Fsp3) is 0.273. The number of pyridine rings is 1. The molecule has 0 aliphatic heterocycles. The van der Waals surface area contributed by atoms with E-state index in [1.54, 1.807) is 24.4 Å². The van der Waals surface area contributed by atoms with Gasteiger partial charge >= 0.3 is 0 Å². The van der Waals surface area contributed by atoms with Crippen molar-refractivity contribution in [2.45, 2.75) is 19.8 Å². The largest absolute Gasteiger partial charge is 0.399 e. The zero-order valence-electron chi connectivity index (χ0n) is 8.77. The summed E-state index contributed by atoms with van der Waals surface area (Å²) in [5.41, 5.74) is 7.59. The lowest BCUT2D eigenvalue weighted by molar-refractivity contribution is 0.812. The number of rotatable bonds is 1. The maximum Gasteiger partial charge on any atom is 0.258 e. The third-order valence-electron chi connectivity index (χ3n) is 2.30. The van der Waals surface area contributed by atoms with Gasteiger partial charge in [0.2, 0.25) is 0 Å². The molecule has 0 radical (unpaired) electrons. The number of hydrogen-bond acceptors (Lipinski definition) is 3. The van der Waals surface area contributed by atoms with E-state index in [1.807, 2.05) is 13.8 Å². The Labute approximate surface area is 87.4 Å². The predicted octanol–water partition coefficient (Wildman–Crippen LogP) is 1.40. The lowest BCUT2D eigenvalue weighted by atomic mass is 10.1. The first-order valence-electron chi connectivity index (χ1n) is 4.87. The predicted molar refractivity (Wildman–Crippen MR) is 60.0 cm³/mol. The van der Waals surface area contributed by atoms with E-state index in [9.17, 15) is 4.79 Å². The fourth-order valence-corrected chi connectivity index (χ4v) is 1.43. The molecule has 2 rings (SSSR count). The molecule has 4 heteroatoms. The molecule has 0 spiro atoms.